The molecular formula is C27H35NO. The van der Waals surface area contributed by atoms with E-state index >= 15 is 0 Å². The molecule has 2 unspecified atom stereocenters. The van der Waals surface area contributed by atoms with E-state index in [2.05, 4.69) is 71.2 Å². The fourth-order valence-corrected chi connectivity index (χ4v) is 4.19. The van der Waals surface area contributed by atoms with Crippen LogP contribution in [-0.4, -0.2) is 11.8 Å². The van der Waals surface area contributed by atoms with Crippen LogP contribution < -0.4 is 4.74 Å². The molecule has 0 amide bonds. The summed E-state index contributed by atoms with van der Waals surface area (Å²) in [7, 11) is 0. The molecule has 0 radical (unpaired) electrons. The van der Waals surface area contributed by atoms with Gasteiger partial charge in [-0.1, -0.05) is 71.4 Å². The molecule has 3 rings (SSSR count). The van der Waals surface area contributed by atoms with E-state index in [1.165, 1.54) is 35.1 Å². The first kappa shape index (κ1) is 21.4. The maximum atomic E-state index is 5.88. The van der Waals surface area contributed by atoms with Gasteiger partial charge in [-0.3, -0.25) is 4.99 Å². The molecule has 2 heteroatoms. The maximum absolute atomic E-state index is 5.88. The molecule has 0 bridgehead atoms. The SMILES string of the molecule is C=C1C(=NC(CCCC)Cc2ccc3c(c2)OC(=C)C3C)C=CC(C)=C1CCC. The first-order valence-electron chi connectivity index (χ1n) is 11.1. The summed E-state index contributed by atoms with van der Waals surface area (Å²) in [5.74, 6) is 2.08. The van der Waals surface area contributed by atoms with Crippen molar-refractivity contribution in [2.75, 3.05) is 0 Å². The minimum atomic E-state index is 0.257. The quantitative estimate of drug-likeness (QED) is 0.451. The van der Waals surface area contributed by atoms with Gasteiger partial charge < -0.3 is 4.74 Å². The second kappa shape index (κ2) is 9.43. The van der Waals surface area contributed by atoms with Crippen LogP contribution in [0.2, 0.25) is 0 Å². The van der Waals surface area contributed by atoms with Crippen molar-refractivity contribution in [1.29, 1.82) is 0 Å². The Bertz CT molecular complexity index is 884. The van der Waals surface area contributed by atoms with E-state index in [1.807, 2.05) is 0 Å². The fourth-order valence-electron chi connectivity index (χ4n) is 4.19. The van der Waals surface area contributed by atoms with Gasteiger partial charge in [0.05, 0.1) is 11.8 Å². The number of nitrogens with zero attached hydrogens (tertiary/aromatic N) is 1. The van der Waals surface area contributed by atoms with Gasteiger partial charge in [0.25, 0.3) is 0 Å². The number of hydrogen-bond acceptors (Lipinski definition) is 2. The van der Waals surface area contributed by atoms with Crippen LogP contribution in [0.3, 0.4) is 0 Å². The molecule has 1 heterocycles. The summed E-state index contributed by atoms with van der Waals surface area (Å²) in [6, 6.07) is 6.87. The summed E-state index contributed by atoms with van der Waals surface area (Å²) < 4.78 is 5.88. The zero-order chi connectivity index (χ0) is 21.0. The number of aliphatic imine (C=N–C) groups is 1. The number of fused-ring (bicyclic) bond motifs is 1. The maximum Gasteiger partial charge on any atom is 0.131 e. The van der Waals surface area contributed by atoms with Crippen LogP contribution in [0.25, 0.3) is 0 Å². The highest BCUT2D eigenvalue weighted by molar-refractivity contribution is 6.12. The second-order valence-corrected chi connectivity index (χ2v) is 8.40. The van der Waals surface area contributed by atoms with Crippen molar-refractivity contribution in [1.82, 2.24) is 0 Å². The minimum absolute atomic E-state index is 0.257. The lowest BCUT2D eigenvalue weighted by Gasteiger charge is -2.20. The highest BCUT2D eigenvalue weighted by atomic mass is 16.5. The number of hydrogen-bond donors (Lipinski definition) is 0. The molecule has 154 valence electrons. The summed E-state index contributed by atoms with van der Waals surface area (Å²) in [4.78, 5) is 5.18. The second-order valence-electron chi connectivity index (χ2n) is 8.40. The molecule has 0 aromatic heterocycles. The molecule has 1 aliphatic carbocycles. The Morgan fingerprint density at radius 2 is 1.93 bits per heavy atom. The first-order chi connectivity index (χ1) is 13.9. The molecule has 0 N–H and O–H groups in total. The number of unbranched alkanes of at least 4 members (excludes halogenated alkanes) is 1. The van der Waals surface area contributed by atoms with Gasteiger partial charge in [-0.25, -0.2) is 0 Å². The molecule has 1 aromatic rings. The van der Waals surface area contributed by atoms with Crippen molar-refractivity contribution in [3.63, 3.8) is 0 Å². The Morgan fingerprint density at radius 1 is 1.14 bits per heavy atom. The standard InChI is InChI=1S/C27H35NO/c1-7-9-11-23(28-26-15-12-18(3)24(10-8-2)20(26)5)16-22-13-14-25-19(4)21(6)29-27(25)17-22/h12-15,17,19,23H,5-11,16H2,1-4H3. The van der Waals surface area contributed by atoms with Crippen LogP contribution >= 0.6 is 0 Å². The third-order valence-electron chi connectivity index (χ3n) is 6.09. The molecular weight excluding hydrogens is 354 g/mol. The van der Waals surface area contributed by atoms with Gasteiger partial charge in [-0.15, -0.1) is 0 Å². The van der Waals surface area contributed by atoms with Gasteiger partial charge in [-0.2, -0.15) is 0 Å². The molecule has 0 spiro atoms. The van der Waals surface area contributed by atoms with Crippen molar-refractivity contribution in [2.24, 2.45) is 4.99 Å². The van der Waals surface area contributed by atoms with E-state index < -0.39 is 0 Å². The Balaban J connectivity index is 1.82. The Labute approximate surface area is 176 Å². The summed E-state index contributed by atoms with van der Waals surface area (Å²) in [5.41, 5.74) is 7.37. The van der Waals surface area contributed by atoms with Crippen LogP contribution in [0.1, 0.15) is 76.8 Å². The lowest BCUT2D eigenvalue weighted by atomic mass is 9.89. The summed E-state index contributed by atoms with van der Waals surface area (Å²) in [6.07, 6.45) is 10.9. The van der Waals surface area contributed by atoms with E-state index in [0.29, 0.717) is 0 Å². The average molecular weight is 390 g/mol. The van der Waals surface area contributed by atoms with Crippen LogP contribution in [0, 0.1) is 0 Å². The lowest BCUT2D eigenvalue weighted by molar-refractivity contribution is 0.434. The molecule has 0 fully saturated rings. The highest BCUT2D eigenvalue weighted by Gasteiger charge is 2.25. The van der Waals surface area contributed by atoms with Crippen molar-refractivity contribution >= 4 is 5.71 Å². The Hall–Kier alpha value is -2.35. The molecule has 1 aliphatic heterocycles. The largest absolute Gasteiger partial charge is 0.461 e. The zero-order valence-electron chi connectivity index (χ0n) is 18.6. The normalized spacial score (nSPS) is 21.0. The third kappa shape index (κ3) is 4.80. The Kier molecular flexibility index (Phi) is 6.95. The monoisotopic (exact) mass is 389 g/mol. The molecule has 2 aliphatic rings. The van der Waals surface area contributed by atoms with Crippen molar-refractivity contribution in [2.45, 2.75) is 78.2 Å². The van der Waals surface area contributed by atoms with Gasteiger partial charge in [-0.05, 0) is 60.6 Å². The molecule has 1 aromatic carbocycles. The molecule has 2 atom stereocenters. The van der Waals surface area contributed by atoms with Gasteiger partial charge in [0.15, 0.2) is 0 Å². The minimum Gasteiger partial charge on any atom is -0.461 e. The first-order valence-corrected chi connectivity index (χ1v) is 11.1. The summed E-state index contributed by atoms with van der Waals surface area (Å²) in [5, 5.41) is 0. The van der Waals surface area contributed by atoms with E-state index in [4.69, 9.17) is 9.73 Å². The van der Waals surface area contributed by atoms with E-state index in [0.717, 1.165) is 48.5 Å². The van der Waals surface area contributed by atoms with Gasteiger partial charge in [0.2, 0.25) is 0 Å². The molecule has 0 saturated carbocycles. The van der Waals surface area contributed by atoms with Crippen LogP contribution in [0.4, 0.5) is 0 Å². The van der Waals surface area contributed by atoms with Gasteiger partial charge >= 0.3 is 0 Å². The molecule has 2 nitrogen and oxygen atoms in total. The highest BCUT2D eigenvalue weighted by Crippen LogP contribution is 2.40. The lowest BCUT2D eigenvalue weighted by Crippen LogP contribution is -2.15. The zero-order valence-corrected chi connectivity index (χ0v) is 18.6. The van der Waals surface area contributed by atoms with Gasteiger partial charge in [0.1, 0.15) is 11.5 Å². The van der Waals surface area contributed by atoms with E-state index in [-0.39, 0.29) is 12.0 Å². The topological polar surface area (TPSA) is 21.6 Å². The predicted molar refractivity (Wildman–Crippen MR) is 125 cm³/mol. The van der Waals surface area contributed by atoms with E-state index in [9.17, 15) is 0 Å². The number of benzene rings is 1. The van der Waals surface area contributed by atoms with Gasteiger partial charge in [0, 0.05) is 11.5 Å². The predicted octanol–water partition coefficient (Wildman–Crippen LogP) is 7.48. The number of allylic oxidation sites excluding steroid dienone is 6. The van der Waals surface area contributed by atoms with Crippen LogP contribution in [0.5, 0.6) is 5.75 Å². The molecule has 0 saturated heterocycles. The van der Waals surface area contributed by atoms with E-state index in [1.54, 1.807) is 0 Å². The number of ether oxygens (including phenoxy) is 1. The third-order valence-corrected chi connectivity index (χ3v) is 6.09. The van der Waals surface area contributed by atoms with Crippen LogP contribution in [-0.2, 0) is 6.42 Å². The Morgan fingerprint density at radius 3 is 2.66 bits per heavy atom. The smallest absolute Gasteiger partial charge is 0.131 e. The average Bonchev–Trinajstić information content (AvgIpc) is 2.98. The van der Waals surface area contributed by atoms with Crippen molar-refractivity contribution in [3.05, 3.63) is 77.1 Å². The molecule has 29 heavy (non-hydrogen) atoms. The van der Waals surface area contributed by atoms with Crippen molar-refractivity contribution < 1.29 is 4.74 Å². The fraction of sp³-hybridized carbons (Fsp3) is 0.444. The summed E-state index contributed by atoms with van der Waals surface area (Å²) in [6.45, 7) is 17.2. The number of rotatable bonds is 8. The van der Waals surface area contributed by atoms with Crippen LogP contribution in [0.15, 0.2) is 71.0 Å². The summed E-state index contributed by atoms with van der Waals surface area (Å²) >= 11 is 0. The van der Waals surface area contributed by atoms with Crippen molar-refractivity contribution in [3.8, 4) is 5.75 Å².